The average molecular weight is 1120 g/mol. The number of rotatable bonds is 18. The van der Waals surface area contributed by atoms with Crippen molar-refractivity contribution in [2.75, 3.05) is 34.0 Å². The normalized spacial score (nSPS) is 15.3. The minimum Gasteiger partial charge on any atom is -0.468 e. The van der Waals surface area contributed by atoms with Gasteiger partial charge in [-0.2, -0.15) is 12.7 Å². The number of nitrogens with zero attached hydrogens (tertiary/aromatic N) is 1. The Hall–Kier alpha value is -8.62. The van der Waals surface area contributed by atoms with Gasteiger partial charge in [-0.1, -0.05) is 153 Å². The lowest BCUT2D eigenvalue weighted by atomic mass is 9.98. The number of hydrogen-bond acceptors (Lipinski definition) is 15. The maximum Gasteiger partial charge on any atom is 0.426 e. The lowest BCUT2D eigenvalue weighted by Crippen LogP contribution is -2.53. The summed E-state index contributed by atoms with van der Waals surface area (Å²) in [5.41, 5.74) is 15.6. The zero-order valence-electron chi connectivity index (χ0n) is 45.2. The Morgan fingerprint density at radius 2 is 1.15 bits per heavy atom. The first-order valence-corrected chi connectivity index (χ1v) is 27.8. The van der Waals surface area contributed by atoms with E-state index in [2.05, 4.69) is 20.0 Å². The van der Waals surface area contributed by atoms with E-state index in [-0.39, 0.29) is 62.6 Å². The van der Waals surface area contributed by atoms with E-state index in [4.69, 9.17) is 28.9 Å². The number of benzene rings is 6. The molecule has 1 saturated heterocycles. The van der Waals surface area contributed by atoms with E-state index in [1.165, 1.54) is 14.2 Å². The van der Waals surface area contributed by atoms with Crippen LogP contribution in [0.3, 0.4) is 0 Å². The van der Waals surface area contributed by atoms with Gasteiger partial charge in [-0.25, -0.2) is 9.59 Å². The van der Waals surface area contributed by atoms with Gasteiger partial charge in [-0.3, -0.25) is 18.6 Å². The van der Waals surface area contributed by atoms with Crippen LogP contribution in [0.15, 0.2) is 170 Å². The minimum absolute atomic E-state index is 0.0307. The topological polar surface area (TPSA) is 248 Å². The fraction of sp³-hybridized carbons (Fsp3) is 0.274. The first kappa shape index (κ1) is 58.5. The third-order valence-corrected chi connectivity index (χ3v) is 15.3. The molecule has 1 fully saturated rings. The van der Waals surface area contributed by atoms with E-state index in [1.54, 1.807) is 24.3 Å². The quantitative estimate of drug-likeness (QED) is 0.0463. The second-order valence-corrected chi connectivity index (χ2v) is 20.8. The van der Waals surface area contributed by atoms with Crippen LogP contribution < -0.4 is 11.1 Å². The summed E-state index contributed by atoms with van der Waals surface area (Å²) in [6.45, 7) is 2.23. The van der Waals surface area contributed by atoms with Gasteiger partial charge in [-0.05, 0) is 69.6 Å². The number of carbonyl (C=O) groups is 5. The summed E-state index contributed by atoms with van der Waals surface area (Å²) in [6, 6.07) is 47.6. The highest BCUT2D eigenvalue weighted by molar-refractivity contribution is 7.85. The summed E-state index contributed by atoms with van der Waals surface area (Å²) in [5, 5.41) is 5.42. The summed E-state index contributed by atoms with van der Waals surface area (Å²) < 4.78 is 56.1. The molecule has 1 aliphatic heterocycles. The highest BCUT2D eigenvalue weighted by atomic mass is 32.2. The summed E-state index contributed by atoms with van der Waals surface area (Å²) in [7, 11) is -1.78. The van der Waals surface area contributed by atoms with Crippen molar-refractivity contribution in [1.82, 2.24) is 19.6 Å². The Kier molecular flexibility index (Phi) is 20.2. The molecule has 18 nitrogen and oxygen atoms in total. The number of H-pyrrole nitrogens is 2. The van der Waals surface area contributed by atoms with Crippen LogP contribution >= 0.6 is 0 Å². The predicted octanol–water partition coefficient (Wildman–Crippen LogP) is 8.84. The number of aromatic nitrogens is 2. The third kappa shape index (κ3) is 15.0. The van der Waals surface area contributed by atoms with Crippen LogP contribution in [0, 0.1) is 5.92 Å². The zero-order valence-corrected chi connectivity index (χ0v) is 46.0. The molecule has 4 atom stereocenters. The molecule has 0 unspecified atom stereocenters. The second-order valence-electron chi connectivity index (χ2n) is 19.3. The van der Waals surface area contributed by atoms with Gasteiger partial charge in [-0.15, -0.1) is 0 Å². The minimum atomic E-state index is -4.51. The SMILES string of the molecule is COC(=O)[C@@H](N)Cc1c[nH]c2ccccc12.COC(=O)[C@H](Cc1c[nH]c2ccccc12)NCC[C@H](C)C(=O)OCc1ccccc1.O=C(OCc1ccccc1)[C@@H]1CCOS(=O)(=O)N1C(=O)OCC1c2ccccc2-c2ccccc21. The van der Waals surface area contributed by atoms with Crippen molar-refractivity contribution in [2.24, 2.45) is 11.7 Å². The number of para-hydroxylation sites is 2. The third-order valence-electron chi connectivity index (χ3n) is 14.0. The van der Waals surface area contributed by atoms with Gasteiger partial charge in [0.05, 0.1) is 26.7 Å². The van der Waals surface area contributed by atoms with E-state index in [1.807, 2.05) is 153 Å². The van der Waals surface area contributed by atoms with Gasteiger partial charge in [0.2, 0.25) is 0 Å². The number of nitrogens with one attached hydrogen (secondary N) is 3. The number of carbonyl (C=O) groups excluding carboxylic acids is 5. The molecule has 2 aliphatic rings. The fourth-order valence-corrected chi connectivity index (χ4v) is 10.8. The molecule has 1 amide bonds. The number of ether oxygens (including phenoxy) is 5. The van der Waals surface area contributed by atoms with Crippen molar-refractivity contribution in [2.45, 2.75) is 69.9 Å². The molecule has 3 heterocycles. The van der Waals surface area contributed by atoms with Crippen molar-refractivity contribution in [3.05, 3.63) is 203 Å². The molecule has 2 aromatic heterocycles. The highest BCUT2D eigenvalue weighted by Gasteiger charge is 2.45. The number of methoxy groups -OCH3 is 2. The van der Waals surface area contributed by atoms with Gasteiger partial charge >= 0.3 is 40.3 Å². The van der Waals surface area contributed by atoms with Crippen LogP contribution in [0.5, 0.6) is 0 Å². The smallest absolute Gasteiger partial charge is 0.426 e. The molecule has 0 radical (unpaired) electrons. The Morgan fingerprint density at radius 3 is 1.72 bits per heavy atom. The second kappa shape index (κ2) is 28.0. The van der Waals surface area contributed by atoms with E-state index >= 15 is 0 Å². The van der Waals surface area contributed by atoms with Crippen molar-refractivity contribution >= 4 is 62.1 Å². The maximum absolute atomic E-state index is 13.0. The molecule has 81 heavy (non-hydrogen) atoms. The van der Waals surface area contributed by atoms with Gasteiger partial charge in [0.25, 0.3) is 0 Å². The number of amides is 1. The molecule has 1 aliphatic carbocycles. The number of nitrogens with two attached hydrogens (primary N) is 1. The summed E-state index contributed by atoms with van der Waals surface area (Å²) in [5.74, 6) is -2.32. The molecular formula is C62H65N5O13S. The molecule has 8 aromatic rings. The summed E-state index contributed by atoms with van der Waals surface area (Å²) >= 11 is 0. The largest absolute Gasteiger partial charge is 0.468 e. The van der Waals surface area contributed by atoms with Gasteiger partial charge in [0.1, 0.15) is 31.9 Å². The van der Waals surface area contributed by atoms with Crippen LogP contribution in [0.4, 0.5) is 4.79 Å². The average Bonchev–Trinajstić information content (AvgIpc) is 4.24. The van der Waals surface area contributed by atoms with Crippen LogP contribution in [0.2, 0.25) is 0 Å². The monoisotopic (exact) mass is 1120 g/mol. The predicted molar refractivity (Wildman–Crippen MR) is 304 cm³/mol. The molecular weight excluding hydrogens is 1050 g/mol. The van der Waals surface area contributed by atoms with Crippen molar-refractivity contribution in [1.29, 1.82) is 0 Å². The van der Waals surface area contributed by atoms with Gasteiger partial charge in [0, 0.05) is 59.4 Å². The molecule has 0 spiro atoms. The van der Waals surface area contributed by atoms with E-state index in [0.29, 0.717) is 30.1 Å². The Labute approximate surface area is 470 Å². The van der Waals surface area contributed by atoms with E-state index in [9.17, 15) is 32.4 Å². The molecule has 5 N–H and O–H groups in total. The number of fused-ring (bicyclic) bond motifs is 5. The molecule has 0 saturated carbocycles. The molecule has 422 valence electrons. The standard InChI is InChI=1S/C26H23NO7S.C24H28N2O4.C12H14N2O2/c28-25(32-16-18-8-2-1-3-9-18)24-14-15-34-35(30,31)27(24)26(29)33-17-23-21-12-6-4-10-19(21)20-11-5-7-13-22(20)23;1-17(23(27)30-16-18-8-4-3-5-9-18)12-13-25-22(24(28)29-2)14-19-15-26-21-11-7-6-10-20(19)21;1-16-12(15)10(13)6-8-7-14-11-5-3-2-4-9(8)11/h1-13,23-24H,14-17H2;3-11,15,17,22,25-26H,12-14,16H2,1-2H3;2-5,7,10,14H,6,13H2,1H3/t24-;17-,22-;10-/m000/s1. The first-order valence-electron chi connectivity index (χ1n) is 26.5. The fourth-order valence-electron chi connectivity index (χ4n) is 9.65. The summed E-state index contributed by atoms with van der Waals surface area (Å²) in [6.07, 6.45) is 4.15. The Bertz CT molecular complexity index is 3490. The van der Waals surface area contributed by atoms with E-state index < -0.39 is 40.5 Å². The number of aromatic amines is 2. The lowest BCUT2D eigenvalue weighted by Gasteiger charge is -2.31. The molecule has 6 aromatic carbocycles. The summed E-state index contributed by atoms with van der Waals surface area (Å²) in [4.78, 5) is 67.9. The van der Waals surface area contributed by atoms with Crippen LogP contribution in [-0.4, -0.2) is 105 Å². The van der Waals surface area contributed by atoms with Gasteiger partial charge in [0.15, 0.2) is 6.04 Å². The molecule has 0 bridgehead atoms. The molecule has 10 rings (SSSR count). The Morgan fingerprint density at radius 1 is 0.642 bits per heavy atom. The van der Waals surface area contributed by atoms with Crippen molar-refractivity contribution in [3.8, 4) is 11.1 Å². The van der Waals surface area contributed by atoms with Crippen LogP contribution in [-0.2, 0) is 83.4 Å². The van der Waals surface area contributed by atoms with Crippen LogP contribution in [0.25, 0.3) is 32.9 Å². The first-order chi connectivity index (χ1) is 39.3. The zero-order chi connectivity index (χ0) is 57.3. The number of hydrogen-bond donors (Lipinski definition) is 4. The van der Waals surface area contributed by atoms with Crippen LogP contribution in [0.1, 0.15) is 59.1 Å². The Balaban J connectivity index is 0.000000170. The highest BCUT2D eigenvalue weighted by Crippen LogP contribution is 2.44. The maximum atomic E-state index is 13.0. The molecule has 19 heteroatoms. The van der Waals surface area contributed by atoms with Crippen molar-refractivity contribution < 1.29 is 60.3 Å². The lowest BCUT2D eigenvalue weighted by molar-refractivity contribution is -0.151. The van der Waals surface area contributed by atoms with Crippen molar-refractivity contribution in [3.63, 3.8) is 0 Å². The van der Waals surface area contributed by atoms with E-state index in [0.717, 1.165) is 66.3 Å². The van der Waals surface area contributed by atoms with Gasteiger partial charge < -0.3 is 44.7 Å². The number of esters is 4.